The number of hydrogen-bond acceptors (Lipinski definition) is 2. The number of hydrogen-bond donors (Lipinski definition) is 0. The molecule has 1 aromatic carbocycles. The third kappa shape index (κ3) is 2.82. The van der Waals surface area contributed by atoms with Gasteiger partial charge >= 0.3 is 6.18 Å². The van der Waals surface area contributed by atoms with Crippen molar-refractivity contribution in [3.63, 3.8) is 0 Å². The number of benzene rings is 1. The van der Waals surface area contributed by atoms with E-state index in [1.54, 1.807) is 24.3 Å². The maximum Gasteiger partial charge on any atom is 0.421 e. The molecule has 0 N–H and O–H groups in total. The van der Waals surface area contributed by atoms with Gasteiger partial charge in [0.1, 0.15) is 0 Å². The molecule has 2 nitrogen and oxygen atoms in total. The summed E-state index contributed by atoms with van der Waals surface area (Å²) in [4.78, 5) is 0. The van der Waals surface area contributed by atoms with Crippen LogP contribution in [0.5, 0.6) is 0 Å². The third-order valence-electron chi connectivity index (χ3n) is 2.76. The van der Waals surface area contributed by atoms with Crippen molar-refractivity contribution in [2.24, 2.45) is 0 Å². The highest BCUT2D eigenvalue weighted by molar-refractivity contribution is 5.24. The predicted molar refractivity (Wildman–Crippen MR) is 60.6 cm³/mol. The van der Waals surface area contributed by atoms with Gasteiger partial charge in [-0.3, -0.25) is 0 Å². The molecule has 0 aliphatic carbocycles. The maximum absolute atomic E-state index is 13.3. The van der Waals surface area contributed by atoms with Crippen LogP contribution in [0.3, 0.4) is 0 Å². The normalized spacial score (nSPS) is 14.8. The Balaban J connectivity index is 3.12. The quantitative estimate of drug-likeness (QED) is 0.752. The van der Waals surface area contributed by atoms with Crippen LogP contribution in [0.4, 0.5) is 13.2 Å². The van der Waals surface area contributed by atoms with Gasteiger partial charge in [-0.05, 0) is 12.0 Å². The Morgan fingerprint density at radius 1 is 1.22 bits per heavy atom. The molecule has 1 unspecified atom stereocenters. The van der Waals surface area contributed by atoms with Crippen LogP contribution in [0.1, 0.15) is 25.3 Å². The first kappa shape index (κ1) is 14.5. The number of nitrogens with zero attached hydrogens (tertiary/aromatic N) is 1. The van der Waals surface area contributed by atoms with Gasteiger partial charge in [0, 0.05) is 0 Å². The standard InChI is InChI=1S/C13H14F3NO/c1-2-12(13(14,15)16,18-10-6-9-17)11-7-4-3-5-8-11/h3-5,7-8H,2,6,10H2,1H3. The fourth-order valence-electron chi connectivity index (χ4n) is 1.81. The van der Waals surface area contributed by atoms with Crippen LogP contribution in [0.15, 0.2) is 30.3 Å². The Morgan fingerprint density at radius 2 is 1.83 bits per heavy atom. The van der Waals surface area contributed by atoms with Gasteiger partial charge < -0.3 is 4.74 Å². The van der Waals surface area contributed by atoms with E-state index in [2.05, 4.69) is 0 Å². The number of nitriles is 1. The molecule has 0 aliphatic heterocycles. The van der Waals surface area contributed by atoms with E-state index in [0.29, 0.717) is 0 Å². The van der Waals surface area contributed by atoms with E-state index in [0.717, 1.165) is 0 Å². The van der Waals surface area contributed by atoms with Crippen molar-refractivity contribution in [3.8, 4) is 6.07 Å². The lowest BCUT2D eigenvalue weighted by Gasteiger charge is -2.35. The van der Waals surface area contributed by atoms with Crippen LogP contribution < -0.4 is 0 Å². The SMILES string of the molecule is CCC(OCCC#N)(c1ccccc1)C(F)(F)F. The summed E-state index contributed by atoms with van der Waals surface area (Å²) in [5.74, 6) is 0. The van der Waals surface area contributed by atoms with Gasteiger partial charge in [0.25, 0.3) is 0 Å². The highest BCUT2D eigenvalue weighted by Crippen LogP contribution is 2.44. The molecule has 98 valence electrons. The minimum atomic E-state index is -4.52. The molecule has 0 bridgehead atoms. The van der Waals surface area contributed by atoms with E-state index in [1.807, 2.05) is 0 Å². The number of rotatable bonds is 5. The lowest BCUT2D eigenvalue weighted by atomic mass is 9.90. The molecule has 0 saturated heterocycles. The van der Waals surface area contributed by atoms with Crippen molar-refractivity contribution in [2.45, 2.75) is 31.5 Å². The van der Waals surface area contributed by atoms with Gasteiger partial charge in [0.05, 0.1) is 19.1 Å². The zero-order valence-electron chi connectivity index (χ0n) is 10.00. The number of alkyl halides is 3. The Morgan fingerprint density at radius 3 is 2.28 bits per heavy atom. The van der Waals surface area contributed by atoms with Gasteiger partial charge in [-0.1, -0.05) is 37.3 Å². The lowest BCUT2D eigenvalue weighted by molar-refractivity contribution is -0.286. The van der Waals surface area contributed by atoms with Gasteiger partial charge in [0.15, 0.2) is 5.60 Å². The summed E-state index contributed by atoms with van der Waals surface area (Å²) in [5, 5.41) is 8.40. The summed E-state index contributed by atoms with van der Waals surface area (Å²) in [5.41, 5.74) is -2.26. The maximum atomic E-state index is 13.3. The second-order valence-corrected chi connectivity index (χ2v) is 3.80. The first-order valence-electron chi connectivity index (χ1n) is 5.61. The van der Waals surface area contributed by atoms with Gasteiger partial charge in [-0.2, -0.15) is 18.4 Å². The van der Waals surface area contributed by atoms with Crippen molar-refractivity contribution in [3.05, 3.63) is 35.9 Å². The van der Waals surface area contributed by atoms with Crippen LogP contribution in [0.2, 0.25) is 0 Å². The topological polar surface area (TPSA) is 33.0 Å². The Hall–Kier alpha value is -1.54. The second kappa shape index (κ2) is 5.87. The van der Waals surface area contributed by atoms with E-state index >= 15 is 0 Å². The van der Waals surface area contributed by atoms with Crippen molar-refractivity contribution in [1.29, 1.82) is 5.26 Å². The fraction of sp³-hybridized carbons (Fsp3) is 0.462. The summed E-state index contributed by atoms with van der Waals surface area (Å²) >= 11 is 0. The molecular formula is C13H14F3NO. The van der Waals surface area contributed by atoms with Crippen LogP contribution in [-0.2, 0) is 10.3 Å². The summed E-state index contributed by atoms with van der Waals surface area (Å²) in [6, 6.07) is 9.29. The molecule has 1 atom stereocenters. The van der Waals surface area contributed by atoms with Crippen LogP contribution in [-0.4, -0.2) is 12.8 Å². The molecule has 0 aliphatic rings. The fourth-order valence-corrected chi connectivity index (χ4v) is 1.81. The van der Waals surface area contributed by atoms with E-state index in [4.69, 9.17) is 10.00 Å². The molecule has 1 aromatic rings. The molecule has 18 heavy (non-hydrogen) atoms. The zero-order valence-corrected chi connectivity index (χ0v) is 10.00. The molecule has 0 spiro atoms. The summed E-state index contributed by atoms with van der Waals surface area (Å²) in [7, 11) is 0. The highest BCUT2D eigenvalue weighted by atomic mass is 19.4. The average molecular weight is 257 g/mol. The van der Waals surface area contributed by atoms with Crippen LogP contribution in [0, 0.1) is 11.3 Å². The second-order valence-electron chi connectivity index (χ2n) is 3.80. The summed E-state index contributed by atoms with van der Waals surface area (Å²) < 4.78 is 44.9. The van der Waals surface area contributed by atoms with Gasteiger partial charge in [-0.15, -0.1) is 0 Å². The lowest BCUT2D eigenvalue weighted by Crippen LogP contribution is -2.44. The molecule has 0 radical (unpaired) electrons. The number of halogens is 3. The first-order valence-corrected chi connectivity index (χ1v) is 5.61. The molecule has 0 saturated carbocycles. The van der Waals surface area contributed by atoms with E-state index in [1.165, 1.54) is 19.1 Å². The molecular weight excluding hydrogens is 243 g/mol. The average Bonchev–Trinajstić information content (AvgIpc) is 2.34. The Kier molecular flexibility index (Phi) is 4.74. The molecule has 1 rings (SSSR count). The van der Waals surface area contributed by atoms with Crippen molar-refractivity contribution >= 4 is 0 Å². The zero-order chi connectivity index (χ0) is 13.6. The summed E-state index contributed by atoms with van der Waals surface area (Å²) in [6.07, 6.45) is -4.81. The third-order valence-corrected chi connectivity index (χ3v) is 2.76. The monoisotopic (exact) mass is 257 g/mol. The van der Waals surface area contributed by atoms with Crippen LogP contribution in [0.25, 0.3) is 0 Å². The molecule has 5 heteroatoms. The molecule has 0 fully saturated rings. The summed E-state index contributed by atoms with van der Waals surface area (Å²) in [6.45, 7) is 1.19. The van der Waals surface area contributed by atoms with Crippen LogP contribution >= 0.6 is 0 Å². The molecule has 0 heterocycles. The minimum absolute atomic E-state index is 0.0648. The first-order chi connectivity index (χ1) is 8.48. The highest BCUT2D eigenvalue weighted by Gasteiger charge is 2.55. The Bertz CT molecular complexity index is 410. The van der Waals surface area contributed by atoms with Crippen molar-refractivity contribution in [1.82, 2.24) is 0 Å². The largest absolute Gasteiger partial charge is 0.421 e. The van der Waals surface area contributed by atoms with E-state index in [-0.39, 0.29) is 25.0 Å². The predicted octanol–water partition coefficient (Wildman–Crippen LogP) is 3.78. The van der Waals surface area contributed by atoms with Gasteiger partial charge in [0.2, 0.25) is 0 Å². The van der Waals surface area contributed by atoms with Gasteiger partial charge in [-0.25, -0.2) is 0 Å². The molecule has 0 aromatic heterocycles. The Labute approximate surface area is 104 Å². The number of ether oxygens (including phenoxy) is 1. The smallest absolute Gasteiger partial charge is 0.360 e. The van der Waals surface area contributed by atoms with Crippen molar-refractivity contribution in [2.75, 3.05) is 6.61 Å². The van der Waals surface area contributed by atoms with E-state index in [9.17, 15) is 13.2 Å². The van der Waals surface area contributed by atoms with E-state index < -0.39 is 11.8 Å². The minimum Gasteiger partial charge on any atom is -0.360 e. The molecule has 0 amide bonds. The van der Waals surface area contributed by atoms with Crippen molar-refractivity contribution < 1.29 is 17.9 Å².